The van der Waals surface area contributed by atoms with Crippen molar-refractivity contribution in [1.29, 1.82) is 0 Å². The van der Waals surface area contributed by atoms with Crippen LogP contribution in [0.25, 0.3) is 0 Å². The van der Waals surface area contributed by atoms with Crippen molar-refractivity contribution in [1.82, 2.24) is 0 Å². The summed E-state index contributed by atoms with van der Waals surface area (Å²) in [4.78, 5) is 0. The number of unbranched alkanes of at least 4 members (excludes halogenated alkanes) is 6. The Morgan fingerprint density at radius 3 is 1.94 bits per heavy atom. The molecule has 0 N–H and O–H groups in total. The molecule has 0 nitrogen and oxygen atoms in total. The van der Waals surface area contributed by atoms with Crippen LogP contribution < -0.4 is 0 Å². The fourth-order valence-electron chi connectivity index (χ4n) is 1.29. The molecule has 17 heavy (non-hydrogen) atoms. The Bertz CT molecular complexity index is 168. The van der Waals surface area contributed by atoms with Gasteiger partial charge in [0.15, 0.2) is 0 Å². The quantitative estimate of drug-likeness (QED) is 0.157. The molecule has 0 saturated carbocycles. The molecule has 0 saturated heterocycles. The number of halogens is 2. The highest BCUT2D eigenvalue weighted by Gasteiger charge is 1.83. The summed E-state index contributed by atoms with van der Waals surface area (Å²) in [6.45, 7) is 6.06. The highest BCUT2D eigenvalue weighted by Crippen LogP contribution is 2.02. The summed E-state index contributed by atoms with van der Waals surface area (Å²) >= 11 is 5.18. The lowest BCUT2D eigenvalue weighted by atomic mass is 10.1. The zero-order valence-corrected chi connectivity index (χ0v) is 16.9. The normalized spacial score (nSPS) is 10.4. The first-order valence-corrected chi connectivity index (χ1v) is 16.8. The van der Waals surface area contributed by atoms with Gasteiger partial charge in [-0.2, -0.15) is 0 Å². The van der Waals surface area contributed by atoms with Gasteiger partial charge in [-0.05, 0) is 19.3 Å². The maximum Gasteiger partial charge on any atom is 0.552 e. The monoisotopic (exact) mass is 471 g/mol. The Kier molecular flexibility index (Phi) is 28.2. The molecule has 0 heterocycles. The van der Waals surface area contributed by atoms with Gasteiger partial charge in [0.1, 0.15) is 0 Å². The Labute approximate surface area is 138 Å². The molecule has 0 aliphatic heterocycles. The average molecular weight is 471 g/mol. The van der Waals surface area contributed by atoms with Crippen molar-refractivity contribution in [2.24, 2.45) is 0 Å². The van der Waals surface area contributed by atoms with Gasteiger partial charge in [-0.1, -0.05) is 70.3 Å². The molecule has 0 aromatic rings. The van der Waals surface area contributed by atoms with E-state index in [0.717, 1.165) is 6.42 Å². The molecule has 0 spiro atoms. The van der Waals surface area contributed by atoms with Gasteiger partial charge in [-0.25, -0.2) is 0 Å². The third-order valence-corrected chi connectivity index (χ3v) is 2.23. The lowest BCUT2D eigenvalue weighted by molar-refractivity contribution is 0.695. The van der Waals surface area contributed by atoms with Crippen molar-refractivity contribution in [2.75, 3.05) is 0 Å². The highest BCUT2D eigenvalue weighted by molar-refractivity contribution is 14.3. The van der Waals surface area contributed by atoms with Gasteiger partial charge in [0.05, 0.1) is 0 Å². The predicted molar refractivity (Wildman–Crippen MR) is 100 cm³/mol. The van der Waals surface area contributed by atoms with Gasteiger partial charge in [-0.15, -0.1) is 0 Å². The topological polar surface area (TPSA) is 0 Å². The first kappa shape index (κ1) is 21.0. The molecule has 1 radical (unpaired) electrons. The molecule has 0 fully saturated rings. The van der Waals surface area contributed by atoms with Crippen LogP contribution in [0, 0.1) is 6.92 Å². The van der Waals surface area contributed by atoms with Crippen LogP contribution in [0.1, 0.15) is 58.3 Å². The SMILES string of the molecule is [CH2]CCCCC/C=C/C=C\CCCC.[I][Mg][I]. The van der Waals surface area contributed by atoms with Crippen LogP contribution in [-0.4, -0.2) is 12.6 Å². The van der Waals surface area contributed by atoms with Crippen LogP contribution in [0.5, 0.6) is 0 Å². The second-order valence-electron chi connectivity index (χ2n) is 3.80. The minimum absolute atomic E-state index is 0.357. The van der Waals surface area contributed by atoms with Crippen LogP contribution >= 0.6 is 37.7 Å². The van der Waals surface area contributed by atoms with E-state index >= 15 is 0 Å². The van der Waals surface area contributed by atoms with Crippen molar-refractivity contribution in [3.05, 3.63) is 31.2 Å². The molecule has 0 aromatic heterocycles. The Hall–Kier alpha value is 1.71. The molecule has 0 unspecified atom stereocenters. The van der Waals surface area contributed by atoms with Crippen LogP contribution in [0.3, 0.4) is 0 Å². The predicted octanol–water partition coefficient (Wildman–Crippen LogP) is 6.46. The van der Waals surface area contributed by atoms with Crippen molar-refractivity contribution >= 4 is 50.3 Å². The number of rotatable bonds is 9. The maximum atomic E-state index is 3.83. The first-order chi connectivity index (χ1) is 8.33. The third-order valence-electron chi connectivity index (χ3n) is 2.23. The van der Waals surface area contributed by atoms with Gasteiger partial charge >= 0.3 is 12.6 Å². The van der Waals surface area contributed by atoms with Crippen LogP contribution in [0.4, 0.5) is 0 Å². The molecule has 0 aliphatic rings. The molecule has 97 valence electrons. The molecular formula is C14H25I2Mg. The molecule has 0 atom stereocenters. The fraction of sp³-hybridized carbons (Fsp3) is 0.643. The van der Waals surface area contributed by atoms with E-state index in [0.29, 0.717) is 12.6 Å². The average Bonchev–Trinajstić information content (AvgIpc) is 2.33. The Morgan fingerprint density at radius 2 is 1.47 bits per heavy atom. The zero-order valence-electron chi connectivity index (χ0n) is 11.1. The van der Waals surface area contributed by atoms with Gasteiger partial charge in [0.25, 0.3) is 0 Å². The summed E-state index contributed by atoms with van der Waals surface area (Å²) in [5.41, 5.74) is 0. The molecule has 0 aromatic carbocycles. The number of allylic oxidation sites excluding steroid dienone is 4. The summed E-state index contributed by atoms with van der Waals surface area (Å²) in [7, 11) is 0. The lowest BCUT2D eigenvalue weighted by Gasteiger charge is -1.92. The molecule has 0 amide bonds. The summed E-state index contributed by atoms with van der Waals surface area (Å²) < 4.78 is 0. The minimum atomic E-state index is 0.357. The zero-order chi connectivity index (χ0) is 13.2. The van der Waals surface area contributed by atoms with Crippen LogP contribution in [0.2, 0.25) is 0 Å². The second-order valence-corrected chi connectivity index (χ2v) is 17.3. The second kappa shape index (κ2) is 22.8. The van der Waals surface area contributed by atoms with Gasteiger partial charge < -0.3 is 0 Å². The Morgan fingerprint density at radius 1 is 0.941 bits per heavy atom. The number of hydrogen-bond acceptors (Lipinski definition) is 0. The van der Waals surface area contributed by atoms with E-state index in [2.05, 4.69) is 75.9 Å². The smallest absolute Gasteiger partial charge is 0.276 e. The third kappa shape index (κ3) is 27.1. The van der Waals surface area contributed by atoms with Gasteiger partial charge in [0.2, 0.25) is 0 Å². The van der Waals surface area contributed by atoms with E-state index in [4.69, 9.17) is 0 Å². The van der Waals surface area contributed by atoms with E-state index in [1.807, 2.05) is 0 Å². The van der Waals surface area contributed by atoms with Gasteiger partial charge in [0, 0.05) is 0 Å². The lowest BCUT2D eigenvalue weighted by Crippen LogP contribution is -1.73. The van der Waals surface area contributed by atoms with Crippen LogP contribution in [-0.2, 0) is 0 Å². The molecule has 0 bridgehead atoms. The number of hydrogen-bond donors (Lipinski definition) is 0. The molecular weight excluding hydrogens is 446 g/mol. The largest absolute Gasteiger partial charge is 0.552 e. The summed E-state index contributed by atoms with van der Waals surface area (Å²) in [6.07, 6.45) is 18.9. The molecule has 3 heteroatoms. The molecule has 0 aliphatic carbocycles. The van der Waals surface area contributed by atoms with E-state index in [9.17, 15) is 0 Å². The minimum Gasteiger partial charge on any atom is -0.276 e. The van der Waals surface area contributed by atoms with Crippen molar-refractivity contribution < 1.29 is 0 Å². The van der Waals surface area contributed by atoms with Crippen LogP contribution in [0.15, 0.2) is 24.3 Å². The highest BCUT2D eigenvalue weighted by atomic mass is 127. The van der Waals surface area contributed by atoms with Crippen molar-refractivity contribution in [3.8, 4) is 0 Å². The first-order valence-electron chi connectivity index (χ1n) is 6.56. The van der Waals surface area contributed by atoms with E-state index < -0.39 is 0 Å². The fourth-order valence-corrected chi connectivity index (χ4v) is 1.29. The standard InChI is InChI=1S/C14H25.2HI.Mg/c1-3-5-7-9-11-13-14-12-10-8-6-4-2;;;/h10,12-14H,1,3-9,11H2,2H3;2*1H;/q;;;+2/p-2/b12-10-,14-13+;;;. The van der Waals surface area contributed by atoms with Gasteiger partial charge in [-0.3, -0.25) is 37.7 Å². The summed E-state index contributed by atoms with van der Waals surface area (Å²) in [5, 5.41) is 0. The van der Waals surface area contributed by atoms with E-state index in [1.54, 1.807) is 0 Å². The Balaban J connectivity index is 0. The molecule has 0 rings (SSSR count). The summed E-state index contributed by atoms with van der Waals surface area (Å²) in [5.74, 6) is 0. The maximum absolute atomic E-state index is 3.83. The van der Waals surface area contributed by atoms with E-state index in [1.165, 1.54) is 44.9 Å². The summed E-state index contributed by atoms with van der Waals surface area (Å²) in [6, 6.07) is 0. The van der Waals surface area contributed by atoms with Crippen molar-refractivity contribution in [2.45, 2.75) is 58.3 Å². The van der Waals surface area contributed by atoms with Crippen molar-refractivity contribution in [3.63, 3.8) is 0 Å². The van der Waals surface area contributed by atoms with E-state index in [-0.39, 0.29) is 0 Å².